The van der Waals surface area contributed by atoms with Crippen LogP contribution < -0.4 is 5.32 Å². The normalized spacial score (nSPS) is 15.7. The number of rotatable bonds is 7. The van der Waals surface area contributed by atoms with E-state index in [1.165, 1.54) is 12.1 Å². The van der Waals surface area contributed by atoms with Crippen LogP contribution in [0.5, 0.6) is 0 Å². The number of nitrogens with one attached hydrogen (secondary N) is 1. The van der Waals surface area contributed by atoms with Crippen LogP contribution in [0.25, 0.3) is 0 Å². The lowest BCUT2D eigenvalue weighted by Crippen LogP contribution is -2.46. The molecule has 0 atom stereocenters. The second kappa shape index (κ2) is 12.9. The molecule has 148 valence electrons. The van der Waals surface area contributed by atoms with Gasteiger partial charge in [-0.15, -0.1) is 24.0 Å². The topological polar surface area (TPSA) is 46.1 Å². The van der Waals surface area contributed by atoms with Crippen molar-refractivity contribution in [2.24, 2.45) is 4.99 Å². The van der Waals surface area contributed by atoms with E-state index in [9.17, 15) is 4.39 Å². The molecule has 8 heteroatoms. The summed E-state index contributed by atoms with van der Waals surface area (Å²) in [6, 6.07) is 4.89. The van der Waals surface area contributed by atoms with E-state index in [1.54, 1.807) is 14.2 Å². The Balaban J connectivity index is 0.00000338. The average molecular weight is 544 g/mol. The molecule has 0 amide bonds. The number of halogens is 3. The Labute approximate surface area is 180 Å². The number of hydrogen-bond acceptors (Lipinski definition) is 3. The Morgan fingerprint density at radius 1 is 1.31 bits per heavy atom. The molecule has 5 nitrogen and oxygen atoms in total. The van der Waals surface area contributed by atoms with Crippen molar-refractivity contribution < 1.29 is 13.9 Å². The fraction of sp³-hybridized carbons (Fsp3) is 0.611. The highest BCUT2D eigenvalue weighted by atomic mass is 127. The molecule has 1 aliphatic heterocycles. The van der Waals surface area contributed by atoms with Gasteiger partial charge in [-0.1, -0.05) is 15.9 Å². The van der Waals surface area contributed by atoms with Crippen LogP contribution in [-0.2, 0) is 16.0 Å². The average Bonchev–Trinajstić information content (AvgIpc) is 2.59. The van der Waals surface area contributed by atoms with Crippen LogP contribution in [0.1, 0.15) is 24.8 Å². The van der Waals surface area contributed by atoms with Gasteiger partial charge in [-0.3, -0.25) is 4.99 Å². The molecule has 1 fully saturated rings. The minimum atomic E-state index is -0.243. The maximum atomic E-state index is 13.5. The molecule has 1 aliphatic rings. The monoisotopic (exact) mass is 543 g/mol. The van der Waals surface area contributed by atoms with Crippen molar-refractivity contribution in [3.8, 4) is 0 Å². The lowest BCUT2D eigenvalue weighted by molar-refractivity contribution is 0.00989. The summed E-state index contributed by atoms with van der Waals surface area (Å²) in [6.07, 6.45) is 3.21. The molecule has 1 saturated heterocycles. The van der Waals surface area contributed by atoms with Gasteiger partial charge in [-0.05, 0) is 43.0 Å². The number of methoxy groups -OCH3 is 1. The summed E-state index contributed by atoms with van der Waals surface area (Å²) >= 11 is 3.32. The van der Waals surface area contributed by atoms with Gasteiger partial charge in [0.15, 0.2) is 5.96 Å². The van der Waals surface area contributed by atoms with Crippen molar-refractivity contribution >= 4 is 45.9 Å². The molecule has 0 bridgehead atoms. The number of piperidine rings is 1. The zero-order chi connectivity index (χ0) is 18.1. The van der Waals surface area contributed by atoms with E-state index in [-0.39, 0.29) is 29.8 Å². The zero-order valence-corrected chi connectivity index (χ0v) is 19.3. The van der Waals surface area contributed by atoms with Gasteiger partial charge in [0.1, 0.15) is 5.82 Å². The van der Waals surface area contributed by atoms with Crippen molar-refractivity contribution in [1.82, 2.24) is 10.2 Å². The molecule has 0 aromatic heterocycles. The highest BCUT2D eigenvalue weighted by Crippen LogP contribution is 2.16. The van der Waals surface area contributed by atoms with Gasteiger partial charge in [0.25, 0.3) is 0 Å². The van der Waals surface area contributed by atoms with E-state index in [2.05, 4.69) is 31.1 Å². The predicted octanol–water partition coefficient (Wildman–Crippen LogP) is 3.80. The highest BCUT2D eigenvalue weighted by Gasteiger charge is 2.21. The Hall–Kier alpha value is -0.450. The van der Waals surface area contributed by atoms with E-state index in [1.807, 2.05) is 6.07 Å². The van der Waals surface area contributed by atoms with Crippen LogP contribution >= 0.6 is 39.9 Å². The van der Waals surface area contributed by atoms with Gasteiger partial charge in [-0.2, -0.15) is 0 Å². The van der Waals surface area contributed by atoms with Gasteiger partial charge in [0.2, 0.25) is 0 Å². The van der Waals surface area contributed by atoms with Crippen molar-refractivity contribution in [3.05, 3.63) is 34.1 Å². The van der Waals surface area contributed by atoms with Gasteiger partial charge < -0.3 is 19.7 Å². The lowest BCUT2D eigenvalue weighted by atomic mass is 10.1. The molecule has 0 aliphatic carbocycles. The molecule has 26 heavy (non-hydrogen) atoms. The van der Waals surface area contributed by atoms with E-state index in [4.69, 9.17) is 9.47 Å². The summed E-state index contributed by atoms with van der Waals surface area (Å²) in [5.74, 6) is 0.603. The minimum Gasteiger partial charge on any atom is -0.385 e. The molecule has 1 heterocycles. The number of guanidine groups is 1. The third-order valence-electron chi connectivity index (χ3n) is 4.17. The summed E-state index contributed by atoms with van der Waals surface area (Å²) in [4.78, 5) is 6.58. The molecular formula is C18H28BrFIN3O2. The van der Waals surface area contributed by atoms with E-state index < -0.39 is 0 Å². The first-order chi connectivity index (χ1) is 12.1. The molecule has 0 radical (unpaired) electrons. The first-order valence-electron chi connectivity index (χ1n) is 8.63. The molecule has 1 aromatic carbocycles. The van der Waals surface area contributed by atoms with Gasteiger partial charge in [0, 0.05) is 51.5 Å². The Morgan fingerprint density at radius 2 is 2.04 bits per heavy atom. The summed E-state index contributed by atoms with van der Waals surface area (Å²) in [6.45, 7) is 3.84. The second-order valence-electron chi connectivity index (χ2n) is 6.08. The minimum absolute atomic E-state index is 0. The standard InChI is InChI=1S/C18H27BrFN3O2.HI/c1-21-18(22-13-14-10-15(19)12-16(20)11-14)23-6-4-17(5-7-23)25-9-3-8-24-2;/h10-12,17H,3-9,13H2,1-2H3,(H,21,22);1H. The van der Waals surface area contributed by atoms with Crippen LogP contribution in [0, 0.1) is 5.82 Å². The Kier molecular flexibility index (Phi) is 11.7. The van der Waals surface area contributed by atoms with Crippen LogP contribution in [0.3, 0.4) is 0 Å². The maximum Gasteiger partial charge on any atom is 0.193 e. The van der Waals surface area contributed by atoms with Crippen LogP contribution in [0.15, 0.2) is 27.7 Å². The highest BCUT2D eigenvalue weighted by molar-refractivity contribution is 14.0. The molecular weight excluding hydrogens is 516 g/mol. The van der Waals surface area contributed by atoms with Crippen LogP contribution in [0.4, 0.5) is 4.39 Å². The van der Waals surface area contributed by atoms with Crippen LogP contribution in [-0.4, -0.2) is 57.4 Å². The van der Waals surface area contributed by atoms with E-state index in [0.717, 1.165) is 61.6 Å². The number of likely N-dealkylation sites (tertiary alicyclic amines) is 1. The van der Waals surface area contributed by atoms with Crippen LogP contribution in [0.2, 0.25) is 0 Å². The summed E-state index contributed by atoms with van der Waals surface area (Å²) < 4.78 is 25.1. The van der Waals surface area contributed by atoms with Gasteiger partial charge in [-0.25, -0.2) is 4.39 Å². The van der Waals surface area contributed by atoms with E-state index in [0.29, 0.717) is 12.6 Å². The number of nitrogens with zero attached hydrogens (tertiary/aromatic N) is 2. The molecule has 1 N–H and O–H groups in total. The fourth-order valence-corrected chi connectivity index (χ4v) is 3.43. The third kappa shape index (κ3) is 8.06. The van der Waals surface area contributed by atoms with Gasteiger partial charge in [0.05, 0.1) is 6.10 Å². The Morgan fingerprint density at radius 3 is 2.65 bits per heavy atom. The first kappa shape index (κ1) is 23.6. The fourth-order valence-electron chi connectivity index (χ4n) is 2.91. The smallest absolute Gasteiger partial charge is 0.193 e. The quantitative estimate of drug-likeness (QED) is 0.246. The van der Waals surface area contributed by atoms with Crippen molar-refractivity contribution in [2.75, 3.05) is 40.5 Å². The summed E-state index contributed by atoms with van der Waals surface area (Å²) in [5, 5.41) is 3.32. The summed E-state index contributed by atoms with van der Waals surface area (Å²) in [5.41, 5.74) is 0.879. The second-order valence-corrected chi connectivity index (χ2v) is 7.00. The largest absolute Gasteiger partial charge is 0.385 e. The number of ether oxygens (including phenoxy) is 2. The van der Waals surface area contributed by atoms with E-state index >= 15 is 0 Å². The van der Waals surface area contributed by atoms with Crippen molar-refractivity contribution in [2.45, 2.75) is 31.9 Å². The molecule has 0 saturated carbocycles. The molecule has 1 aromatic rings. The Bertz CT molecular complexity index is 549. The number of aliphatic imine (C=N–C) groups is 1. The first-order valence-corrected chi connectivity index (χ1v) is 9.42. The SMILES string of the molecule is CN=C(NCc1cc(F)cc(Br)c1)N1CCC(OCCCOC)CC1.I. The number of hydrogen-bond donors (Lipinski definition) is 1. The molecule has 0 unspecified atom stereocenters. The predicted molar refractivity (Wildman–Crippen MR) is 117 cm³/mol. The van der Waals surface area contributed by atoms with Crippen molar-refractivity contribution in [3.63, 3.8) is 0 Å². The zero-order valence-electron chi connectivity index (χ0n) is 15.3. The van der Waals surface area contributed by atoms with Gasteiger partial charge >= 0.3 is 0 Å². The third-order valence-corrected chi connectivity index (χ3v) is 4.63. The maximum absolute atomic E-state index is 13.5. The van der Waals surface area contributed by atoms with Crippen molar-refractivity contribution in [1.29, 1.82) is 0 Å². The molecule has 2 rings (SSSR count). The number of benzene rings is 1. The summed E-state index contributed by atoms with van der Waals surface area (Å²) in [7, 11) is 3.48. The lowest BCUT2D eigenvalue weighted by Gasteiger charge is -2.34. The molecule has 0 spiro atoms.